The Morgan fingerprint density at radius 2 is 1.15 bits per heavy atom. The number of benzene rings is 2. The van der Waals surface area contributed by atoms with Crippen LogP contribution in [0.15, 0.2) is 42.1 Å². The van der Waals surface area contributed by atoms with E-state index in [1.165, 1.54) is 62.0 Å². The number of esters is 1. The molecule has 0 atom stereocenters. The van der Waals surface area contributed by atoms with Crippen molar-refractivity contribution in [3.8, 4) is 34.5 Å². The van der Waals surface area contributed by atoms with Crippen LogP contribution >= 0.6 is 0 Å². The number of hydrogen-bond acceptors (Lipinski definition) is 11. The molecule has 11 heteroatoms. The first kappa shape index (κ1) is 32.4. The molecule has 11 nitrogen and oxygen atoms in total. The summed E-state index contributed by atoms with van der Waals surface area (Å²) >= 11 is 0. The standard InChI is InChI=1S/C18H23NO6.C10H12O4/c1-6-19-11-13(18(21)25-5)14(20)8-7-12-9-15(22-2)17(24-4)16(10-12)23-3;1-12-8-4-7(6-11)5-9(13-2)10(8)14-3/h7-11,19H,6H2,1-5H3;4-6H,1-3H3. The highest BCUT2D eigenvalue weighted by Gasteiger charge is 2.17. The van der Waals surface area contributed by atoms with E-state index in [-0.39, 0.29) is 5.57 Å². The number of aldehydes is 1. The van der Waals surface area contributed by atoms with Crippen LogP contribution in [-0.4, -0.2) is 74.4 Å². The predicted octanol–water partition coefficient (Wildman–Crippen LogP) is 3.49. The number of carbonyl (C=O) groups is 3. The second-order valence-electron chi connectivity index (χ2n) is 7.34. The van der Waals surface area contributed by atoms with Gasteiger partial charge in [0.1, 0.15) is 11.9 Å². The fraction of sp³-hybridized carbons (Fsp3) is 0.321. The van der Waals surface area contributed by atoms with E-state index < -0.39 is 11.8 Å². The molecule has 2 aromatic rings. The SMILES string of the molecule is CCNC=C(C(=O)C=Cc1cc(OC)c(OC)c(OC)c1)C(=O)OC.COc1cc(C=O)cc(OC)c1OC. The highest BCUT2D eigenvalue weighted by atomic mass is 16.5. The summed E-state index contributed by atoms with van der Waals surface area (Å²) in [4.78, 5) is 34.6. The molecule has 39 heavy (non-hydrogen) atoms. The third-order valence-electron chi connectivity index (χ3n) is 5.06. The van der Waals surface area contributed by atoms with Gasteiger partial charge < -0.3 is 38.5 Å². The number of ketones is 1. The summed E-state index contributed by atoms with van der Waals surface area (Å²) in [6.45, 7) is 2.42. The lowest BCUT2D eigenvalue weighted by Crippen LogP contribution is -2.17. The Bertz CT molecular complexity index is 1140. The topological polar surface area (TPSA) is 128 Å². The summed E-state index contributed by atoms with van der Waals surface area (Å²) < 4.78 is 35.6. The van der Waals surface area contributed by atoms with E-state index in [0.717, 1.165) is 6.29 Å². The quantitative estimate of drug-likeness (QED) is 0.131. The van der Waals surface area contributed by atoms with Crippen molar-refractivity contribution >= 4 is 24.1 Å². The largest absolute Gasteiger partial charge is 0.493 e. The molecule has 0 aliphatic rings. The molecule has 0 radical (unpaired) electrons. The van der Waals surface area contributed by atoms with Crippen molar-refractivity contribution in [1.29, 1.82) is 0 Å². The molecular formula is C28H35NO10. The molecule has 0 heterocycles. The minimum atomic E-state index is -0.708. The van der Waals surface area contributed by atoms with Crippen molar-refractivity contribution in [2.24, 2.45) is 0 Å². The highest BCUT2D eigenvalue weighted by Crippen LogP contribution is 2.39. The summed E-state index contributed by atoms with van der Waals surface area (Å²) in [6.07, 6.45) is 4.90. The summed E-state index contributed by atoms with van der Waals surface area (Å²) in [5.41, 5.74) is 1.04. The zero-order valence-corrected chi connectivity index (χ0v) is 23.4. The van der Waals surface area contributed by atoms with Gasteiger partial charge in [0.05, 0.1) is 49.8 Å². The van der Waals surface area contributed by atoms with Gasteiger partial charge in [0.15, 0.2) is 28.8 Å². The molecule has 0 spiro atoms. The lowest BCUT2D eigenvalue weighted by molar-refractivity contribution is -0.137. The normalized spacial score (nSPS) is 10.5. The van der Waals surface area contributed by atoms with E-state index in [9.17, 15) is 14.4 Å². The molecule has 0 aliphatic carbocycles. The van der Waals surface area contributed by atoms with Crippen LogP contribution in [0, 0.1) is 0 Å². The van der Waals surface area contributed by atoms with Gasteiger partial charge in [-0.05, 0) is 42.8 Å². The maximum Gasteiger partial charge on any atom is 0.343 e. The molecule has 1 N–H and O–H groups in total. The van der Waals surface area contributed by atoms with Gasteiger partial charge in [-0.15, -0.1) is 0 Å². The minimum Gasteiger partial charge on any atom is -0.493 e. The fourth-order valence-electron chi connectivity index (χ4n) is 3.17. The van der Waals surface area contributed by atoms with Gasteiger partial charge >= 0.3 is 5.97 Å². The van der Waals surface area contributed by atoms with Gasteiger partial charge in [-0.2, -0.15) is 0 Å². The first-order valence-electron chi connectivity index (χ1n) is 11.6. The average molecular weight is 546 g/mol. The summed E-state index contributed by atoms with van der Waals surface area (Å²) in [5.74, 6) is 1.64. The number of ether oxygens (including phenoxy) is 7. The minimum absolute atomic E-state index is 0.0898. The van der Waals surface area contributed by atoms with Gasteiger partial charge in [-0.3, -0.25) is 9.59 Å². The van der Waals surface area contributed by atoms with Crippen molar-refractivity contribution in [2.45, 2.75) is 6.92 Å². The van der Waals surface area contributed by atoms with Gasteiger partial charge in [-0.25, -0.2) is 4.79 Å². The molecule has 2 rings (SSSR count). The molecule has 0 saturated heterocycles. The lowest BCUT2D eigenvalue weighted by atomic mass is 10.1. The van der Waals surface area contributed by atoms with Crippen LogP contribution in [-0.2, 0) is 14.3 Å². The van der Waals surface area contributed by atoms with E-state index in [4.69, 9.17) is 28.4 Å². The Balaban J connectivity index is 0.000000457. The second-order valence-corrected chi connectivity index (χ2v) is 7.34. The van der Waals surface area contributed by atoms with E-state index in [2.05, 4.69) is 10.1 Å². The van der Waals surface area contributed by atoms with Crippen LogP contribution in [0.3, 0.4) is 0 Å². The molecule has 0 fully saturated rings. The maximum absolute atomic E-state index is 12.3. The number of carbonyl (C=O) groups excluding carboxylic acids is 3. The van der Waals surface area contributed by atoms with Crippen molar-refractivity contribution in [3.05, 3.63) is 53.2 Å². The van der Waals surface area contributed by atoms with Crippen LogP contribution in [0.1, 0.15) is 22.8 Å². The number of hydrogen-bond donors (Lipinski definition) is 1. The molecule has 0 aliphatic heterocycles. The van der Waals surface area contributed by atoms with Gasteiger partial charge in [0.25, 0.3) is 0 Å². The number of nitrogens with one attached hydrogen (secondary N) is 1. The van der Waals surface area contributed by atoms with Crippen LogP contribution in [0.4, 0.5) is 0 Å². The van der Waals surface area contributed by atoms with Gasteiger partial charge in [-0.1, -0.05) is 6.08 Å². The van der Waals surface area contributed by atoms with E-state index in [0.29, 0.717) is 52.2 Å². The Hall–Kier alpha value is -4.67. The first-order valence-corrected chi connectivity index (χ1v) is 11.6. The van der Waals surface area contributed by atoms with Crippen LogP contribution < -0.4 is 33.7 Å². The summed E-state index contributed by atoms with van der Waals surface area (Å²) in [6, 6.07) is 6.57. The van der Waals surface area contributed by atoms with Crippen LogP contribution in [0.2, 0.25) is 0 Å². The van der Waals surface area contributed by atoms with Crippen molar-refractivity contribution in [2.75, 3.05) is 56.3 Å². The average Bonchev–Trinajstić information content (AvgIpc) is 2.98. The molecule has 0 saturated carbocycles. The monoisotopic (exact) mass is 545 g/mol. The van der Waals surface area contributed by atoms with E-state index >= 15 is 0 Å². The van der Waals surface area contributed by atoms with Crippen LogP contribution in [0.25, 0.3) is 6.08 Å². The third-order valence-corrected chi connectivity index (χ3v) is 5.06. The molecule has 0 amide bonds. The van der Waals surface area contributed by atoms with Crippen molar-refractivity contribution in [3.63, 3.8) is 0 Å². The molecule has 0 bridgehead atoms. The van der Waals surface area contributed by atoms with Crippen molar-refractivity contribution < 1.29 is 47.5 Å². The zero-order chi connectivity index (χ0) is 29.4. The second kappa shape index (κ2) is 17.0. The molecule has 212 valence electrons. The third kappa shape index (κ3) is 8.99. The van der Waals surface area contributed by atoms with E-state index in [1.807, 2.05) is 6.92 Å². The summed E-state index contributed by atoms with van der Waals surface area (Å²) in [5, 5.41) is 2.82. The molecule has 0 aromatic heterocycles. The maximum atomic E-state index is 12.3. The number of rotatable bonds is 13. The van der Waals surface area contributed by atoms with Crippen LogP contribution in [0.5, 0.6) is 34.5 Å². The number of methoxy groups -OCH3 is 7. The first-order chi connectivity index (χ1) is 18.8. The van der Waals surface area contributed by atoms with Gasteiger partial charge in [0.2, 0.25) is 11.5 Å². The number of allylic oxidation sites excluding steroid dienone is 1. The molecule has 2 aromatic carbocycles. The smallest absolute Gasteiger partial charge is 0.343 e. The van der Waals surface area contributed by atoms with E-state index in [1.54, 1.807) is 30.3 Å². The Labute approximate surface area is 228 Å². The Kier molecular flexibility index (Phi) is 14.1. The Morgan fingerprint density at radius 3 is 1.49 bits per heavy atom. The van der Waals surface area contributed by atoms with Crippen molar-refractivity contribution in [1.82, 2.24) is 5.32 Å². The fourth-order valence-corrected chi connectivity index (χ4v) is 3.17. The Morgan fingerprint density at radius 1 is 0.718 bits per heavy atom. The van der Waals surface area contributed by atoms with Gasteiger partial charge in [0, 0.05) is 18.3 Å². The zero-order valence-electron chi connectivity index (χ0n) is 23.4. The highest BCUT2D eigenvalue weighted by molar-refractivity contribution is 6.22. The summed E-state index contributed by atoms with van der Waals surface area (Å²) in [7, 11) is 10.3. The molecular weight excluding hydrogens is 510 g/mol. The predicted molar refractivity (Wildman–Crippen MR) is 145 cm³/mol. The molecule has 0 unspecified atom stereocenters. The lowest BCUT2D eigenvalue weighted by Gasteiger charge is -2.12.